The third-order valence-corrected chi connectivity index (χ3v) is 3.23. The molecule has 1 aliphatic carbocycles. The molecule has 0 saturated heterocycles. The largest absolute Gasteiger partial charge is 0.389 e. The van der Waals surface area contributed by atoms with Gasteiger partial charge < -0.3 is 10.0 Å². The molecule has 0 aliphatic heterocycles. The third-order valence-electron chi connectivity index (χ3n) is 3.23. The number of aliphatic hydroxyl groups excluding tert-OH is 1. The zero-order valence-electron chi connectivity index (χ0n) is 10.6. The van der Waals surface area contributed by atoms with E-state index in [9.17, 15) is 5.11 Å². The van der Waals surface area contributed by atoms with E-state index < -0.39 is 6.10 Å². The van der Waals surface area contributed by atoms with Crippen LogP contribution in [0.3, 0.4) is 0 Å². The summed E-state index contributed by atoms with van der Waals surface area (Å²) in [5, 5.41) is 18.9. The summed E-state index contributed by atoms with van der Waals surface area (Å²) in [5.74, 6) is 0. The van der Waals surface area contributed by atoms with Crippen LogP contribution in [0.25, 0.3) is 0 Å². The van der Waals surface area contributed by atoms with Crippen LogP contribution in [0.15, 0.2) is 30.9 Å². The van der Waals surface area contributed by atoms with Crippen molar-refractivity contribution in [1.82, 2.24) is 0 Å². The molecule has 2 rings (SSSR count). The molecule has 1 aromatic rings. The summed E-state index contributed by atoms with van der Waals surface area (Å²) in [6.07, 6.45) is 3.68. The van der Waals surface area contributed by atoms with E-state index in [1.807, 2.05) is 18.2 Å². The van der Waals surface area contributed by atoms with Gasteiger partial charge in [0, 0.05) is 23.8 Å². The highest BCUT2D eigenvalue weighted by atomic mass is 16.3. The van der Waals surface area contributed by atoms with E-state index in [0.29, 0.717) is 11.6 Å². The Hall–Kier alpha value is -1.79. The Kier molecular flexibility index (Phi) is 3.69. The normalized spacial score (nSPS) is 15.8. The number of aliphatic hydroxyl groups is 1. The quantitative estimate of drug-likeness (QED) is 0.808. The van der Waals surface area contributed by atoms with Gasteiger partial charge in [0.15, 0.2) is 0 Å². The molecule has 1 aliphatic rings. The third kappa shape index (κ3) is 2.55. The zero-order valence-corrected chi connectivity index (χ0v) is 10.6. The van der Waals surface area contributed by atoms with Crippen molar-refractivity contribution in [3.8, 4) is 6.07 Å². The maximum absolute atomic E-state index is 9.85. The lowest BCUT2D eigenvalue weighted by molar-refractivity contribution is 0.199. The average Bonchev–Trinajstić information content (AvgIpc) is 3.19. The van der Waals surface area contributed by atoms with Crippen LogP contribution in [0.4, 0.5) is 5.69 Å². The Morgan fingerprint density at radius 1 is 1.61 bits per heavy atom. The highest BCUT2D eigenvalue weighted by Crippen LogP contribution is 2.36. The van der Waals surface area contributed by atoms with Gasteiger partial charge in [-0.2, -0.15) is 5.26 Å². The van der Waals surface area contributed by atoms with E-state index in [0.717, 1.165) is 17.8 Å². The Morgan fingerprint density at radius 2 is 2.33 bits per heavy atom. The fourth-order valence-electron chi connectivity index (χ4n) is 2.18. The van der Waals surface area contributed by atoms with Gasteiger partial charge in [0.2, 0.25) is 0 Å². The molecule has 3 nitrogen and oxygen atoms in total. The minimum absolute atomic E-state index is 0.523. The fourth-order valence-corrected chi connectivity index (χ4v) is 2.18. The summed E-state index contributed by atoms with van der Waals surface area (Å²) in [4.78, 5) is 2.23. The van der Waals surface area contributed by atoms with Crippen LogP contribution in [0.5, 0.6) is 0 Å². The van der Waals surface area contributed by atoms with Crippen LogP contribution in [0.2, 0.25) is 0 Å². The van der Waals surface area contributed by atoms with Gasteiger partial charge in [0.25, 0.3) is 0 Å². The minimum atomic E-state index is -0.529. The second-order valence-corrected chi connectivity index (χ2v) is 4.73. The van der Waals surface area contributed by atoms with Crippen molar-refractivity contribution in [2.45, 2.75) is 31.9 Å². The molecule has 1 aromatic carbocycles. The van der Waals surface area contributed by atoms with Crippen molar-refractivity contribution < 1.29 is 5.11 Å². The Labute approximate surface area is 108 Å². The fraction of sp³-hybridized carbons (Fsp3) is 0.400. The number of hydrogen-bond acceptors (Lipinski definition) is 3. The van der Waals surface area contributed by atoms with Crippen LogP contribution in [-0.2, 0) is 0 Å². The lowest BCUT2D eigenvalue weighted by Crippen LogP contribution is -2.27. The topological polar surface area (TPSA) is 47.3 Å². The number of nitrogens with zero attached hydrogens (tertiary/aromatic N) is 2. The summed E-state index contributed by atoms with van der Waals surface area (Å²) in [6.45, 7) is 6.29. The first-order valence-electron chi connectivity index (χ1n) is 6.27. The molecule has 1 atom stereocenters. The smallest absolute Gasteiger partial charge is 0.0992 e. The predicted molar refractivity (Wildman–Crippen MR) is 72.4 cm³/mol. The highest BCUT2D eigenvalue weighted by Gasteiger charge is 2.30. The highest BCUT2D eigenvalue weighted by molar-refractivity contribution is 5.60. The van der Waals surface area contributed by atoms with Crippen molar-refractivity contribution in [3.05, 3.63) is 42.0 Å². The van der Waals surface area contributed by atoms with Crippen molar-refractivity contribution in [2.75, 3.05) is 11.4 Å². The van der Waals surface area contributed by atoms with Gasteiger partial charge in [0.05, 0.1) is 17.7 Å². The van der Waals surface area contributed by atoms with Crippen molar-refractivity contribution >= 4 is 5.69 Å². The lowest BCUT2D eigenvalue weighted by atomic mass is 10.0. The van der Waals surface area contributed by atoms with Gasteiger partial charge in [-0.15, -0.1) is 6.58 Å². The maximum atomic E-state index is 9.85. The molecule has 0 radical (unpaired) electrons. The second-order valence-electron chi connectivity index (χ2n) is 4.73. The van der Waals surface area contributed by atoms with Gasteiger partial charge in [-0.1, -0.05) is 12.1 Å². The first-order valence-corrected chi connectivity index (χ1v) is 6.27. The number of benzene rings is 1. The molecule has 18 heavy (non-hydrogen) atoms. The monoisotopic (exact) mass is 242 g/mol. The lowest BCUT2D eigenvalue weighted by Gasteiger charge is -2.27. The van der Waals surface area contributed by atoms with Crippen molar-refractivity contribution in [1.29, 1.82) is 5.26 Å². The minimum Gasteiger partial charge on any atom is -0.389 e. The predicted octanol–water partition coefficient (Wildman–Crippen LogP) is 2.77. The number of rotatable bonds is 5. The van der Waals surface area contributed by atoms with Crippen molar-refractivity contribution in [2.24, 2.45) is 0 Å². The average molecular weight is 242 g/mol. The van der Waals surface area contributed by atoms with Gasteiger partial charge in [-0.25, -0.2) is 0 Å². The number of hydrogen-bond donors (Lipinski definition) is 1. The molecule has 0 spiro atoms. The summed E-state index contributed by atoms with van der Waals surface area (Å²) in [6, 6.07) is 8.14. The van der Waals surface area contributed by atoms with E-state index >= 15 is 0 Å². The summed E-state index contributed by atoms with van der Waals surface area (Å²) < 4.78 is 0. The van der Waals surface area contributed by atoms with Crippen LogP contribution in [0.1, 0.15) is 37.0 Å². The molecule has 0 heterocycles. The summed E-state index contributed by atoms with van der Waals surface area (Å²) in [5.41, 5.74) is 2.47. The molecule has 0 unspecified atom stereocenters. The van der Waals surface area contributed by atoms with Gasteiger partial charge in [-0.05, 0) is 31.9 Å². The Morgan fingerprint density at radius 3 is 2.83 bits per heavy atom. The van der Waals surface area contributed by atoms with Gasteiger partial charge in [-0.3, -0.25) is 0 Å². The first-order chi connectivity index (χ1) is 8.67. The molecule has 1 N–H and O–H groups in total. The molecule has 0 aromatic heterocycles. The van der Waals surface area contributed by atoms with E-state index in [4.69, 9.17) is 5.26 Å². The molecule has 1 saturated carbocycles. The SMILES string of the molecule is C=CCN(c1cc(C#N)ccc1[C@H](C)O)C1CC1. The number of nitriles is 1. The van der Waals surface area contributed by atoms with Crippen LogP contribution in [0, 0.1) is 11.3 Å². The zero-order chi connectivity index (χ0) is 13.1. The molecule has 0 amide bonds. The van der Waals surface area contributed by atoms with Crippen LogP contribution < -0.4 is 4.90 Å². The molecule has 0 bridgehead atoms. The summed E-state index contributed by atoms with van der Waals surface area (Å²) in [7, 11) is 0. The second kappa shape index (κ2) is 5.24. The maximum Gasteiger partial charge on any atom is 0.0992 e. The Balaban J connectivity index is 2.44. The van der Waals surface area contributed by atoms with E-state index in [2.05, 4.69) is 17.5 Å². The molecular weight excluding hydrogens is 224 g/mol. The van der Waals surface area contributed by atoms with E-state index in [1.54, 1.807) is 13.0 Å². The number of anilines is 1. The first kappa shape index (κ1) is 12.7. The van der Waals surface area contributed by atoms with Crippen molar-refractivity contribution in [3.63, 3.8) is 0 Å². The standard InChI is InChI=1S/C15H18N2O/c1-3-8-17(13-5-6-13)15-9-12(10-16)4-7-14(15)11(2)18/h3-4,7,9,11,13,18H,1,5-6,8H2,2H3/t11-/m0/s1. The molecule has 1 fully saturated rings. The Bertz CT molecular complexity index is 484. The molecular formula is C15H18N2O. The van der Waals surface area contributed by atoms with Gasteiger partial charge in [0.1, 0.15) is 0 Å². The van der Waals surface area contributed by atoms with E-state index in [-0.39, 0.29) is 0 Å². The van der Waals surface area contributed by atoms with Crippen LogP contribution in [-0.4, -0.2) is 17.7 Å². The van der Waals surface area contributed by atoms with Crippen LogP contribution >= 0.6 is 0 Å². The van der Waals surface area contributed by atoms with Gasteiger partial charge >= 0.3 is 0 Å². The molecule has 94 valence electrons. The summed E-state index contributed by atoms with van der Waals surface area (Å²) >= 11 is 0. The molecule has 3 heteroatoms. The van der Waals surface area contributed by atoms with E-state index in [1.165, 1.54) is 12.8 Å².